The van der Waals surface area contributed by atoms with Crippen LogP contribution < -0.4 is 14.8 Å². The van der Waals surface area contributed by atoms with E-state index in [4.69, 9.17) is 14.2 Å². The zero-order chi connectivity index (χ0) is 19.2. The Labute approximate surface area is 153 Å². The van der Waals surface area contributed by atoms with E-state index in [1.807, 2.05) is 12.1 Å². The average Bonchev–Trinajstić information content (AvgIpc) is 2.58. The Hall–Kier alpha value is -3.02. The lowest BCUT2D eigenvalue weighted by atomic mass is 10.2. The Balaban J connectivity index is 2.05. The SMILES string of the molecule is COc1c(C=O)cccc1OCc1cccc(NC(=O)OC(C)(C)C)c1. The molecule has 0 saturated carbocycles. The molecule has 6 nitrogen and oxygen atoms in total. The summed E-state index contributed by atoms with van der Waals surface area (Å²) in [5.41, 5.74) is 1.31. The molecule has 0 atom stereocenters. The molecule has 0 bridgehead atoms. The molecule has 1 N–H and O–H groups in total. The summed E-state index contributed by atoms with van der Waals surface area (Å²) in [6.45, 7) is 5.66. The first-order chi connectivity index (χ1) is 12.3. The Kier molecular flexibility index (Phi) is 6.22. The zero-order valence-electron chi connectivity index (χ0n) is 15.4. The largest absolute Gasteiger partial charge is 0.492 e. The highest BCUT2D eigenvalue weighted by Gasteiger charge is 2.16. The van der Waals surface area contributed by atoms with Crippen LogP contribution in [-0.2, 0) is 11.3 Å². The van der Waals surface area contributed by atoms with Crippen molar-refractivity contribution < 1.29 is 23.8 Å². The van der Waals surface area contributed by atoms with Crippen molar-refractivity contribution in [3.8, 4) is 11.5 Å². The Morgan fingerprint density at radius 2 is 1.88 bits per heavy atom. The van der Waals surface area contributed by atoms with E-state index in [0.29, 0.717) is 22.7 Å². The molecule has 0 unspecified atom stereocenters. The molecule has 26 heavy (non-hydrogen) atoms. The van der Waals surface area contributed by atoms with Crippen molar-refractivity contribution in [3.05, 3.63) is 53.6 Å². The van der Waals surface area contributed by atoms with E-state index in [2.05, 4.69) is 5.32 Å². The minimum Gasteiger partial charge on any atom is -0.492 e. The third kappa shape index (κ3) is 5.51. The van der Waals surface area contributed by atoms with E-state index in [1.165, 1.54) is 7.11 Å². The molecule has 0 aliphatic heterocycles. The van der Waals surface area contributed by atoms with Gasteiger partial charge in [-0.25, -0.2) is 4.79 Å². The van der Waals surface area contributed by atoms with Gasteiger partial charge in [0.05, 0.1) is 12.7 Å². The summed E-state index contributed by atoms with van der Waals surface area (Å²) < 4.78 is 16.3. The van der Waals surface area contributed by atoms with Crippen LogP contribution in [-0.4, -0.2) is 25.1 Å². The Morgan fingerprint density at radius 1 is 1.15 bits per heavy atom. The van der Waals surface area contributed by atoms with Crippen LogP contribution in [0.3, 0.4) is 0 Å². The number of ether oxygens (including phenoxy) is 3. The predicted octanol–water partition coefficient (Wildman–Crippen LogP) is 4.43. The van der Waals surface area contributed by atoms with Crippen LogP contribution in [0.1, 0.15) is 36.7 Å². The van der Waals surface area contributed by atoms with Gasteiger partial charge in [0.1, 0.15) is 12.2 Å². The van der Waals surface area contributed by atoms with Crippen molar-refractivity contribution >= 4 is 18.1 Å². The second-order valence-electron chi connectivity index (χ2n) is 6.61. The van der Waals surface area contributed by atoms with Crippen molar-refractivity contribution in [1.29, 1.82) is 0 Å². The standard InChI is InChI=1S/C20H23NO5/c1-20(2,3)26-19(23)21-16-9-5-7-14(11-16)13-25-17-10-6-8-15(12-22)18(17)24-4/h5-12H,13H2,1-4H3,(H,21,23). The van der Waals surface area contributed by atoms with Crippen molar-refractivity contribution in [1.82, 2.24) is 0 Å². The predicted molar refractivity (Wildman–Crippen MR) is 99.0 cm³/mol. The van der Waals surface area contributed by atoms with Crippen molar-refractivity contribution in [2.45, 2.75) is 33.0 Å². The highest BCUT2D eigenvalue weighted by atomic mass is 16.6. The van der Waals surface area contributed by atoms with Crippen LogP contribution in [0.2, 0.25) is 0 Å². The van der Waals surface area contributed by atoms with Gasteiger partial charge in [-0.2, -0.15) is 0 Å². The van der Waals surface area contributed by atoms with E-state index in [1.54, 1.807) is 51.1 Å². The van der Waals surface area contributed by atoms with Gasteiger partial charge < -0.3 is 14.2 Å². The molecule has 2 aromatic rings. The highest BCUT2D eigenvalue weighted by Crippen LogP contribution is 2.30. The summed E-state index contributed by atoms with van der Waals surface area (Å²) in [5, 5.41) is 2.69. The molecule has 0 aromatic heterocycles. The summed E-state index contributed by atoms with van der Waals surface area (Å²) in [6.07, 6.45) is 0.202. The monoisotopic (exact) mass is 357 g/mol. The van der Waals surface area contributed by atoms with Gasteiger partial charge in [0.2, 0.25) is 0 Å². The molecule has 2 rings (SSSR count). The molecule has 0 heterocycles. The summed E-state index contributed by atoms with van der Waals surface area (Å²) in [6, 6.07) is 12.3. The summed E-state index contributed by atoms with van der Waals surface area (Å²) >= 11 is 0. The first-order valence-electron chi connectivity index (χ1n) is 8.16. The Bertz CT molecular complexity index is 780. The molecule has 0 saturated heterocycles. The molecular formula is C20H23NO5. The van der Waals surface area contributed by atoms with Crippen LogP contribution in [0.25, 0.3) is 0 Å². The molecule has 0 aliphatic carbocycles. The van der Waals surface area contributed by atoms with Crippen LogP contribution in [0.4, 0.5) is 10.5 Å². The molecule has 0 radical (unpaired) electrons. The van der Waals surface area contributed by atoms with E-state index < -0.39 is 11.7 Å². The number of aldehydes is 1. The number of nitrogens with one attached hydrogen (secondary N) is 1. The molecule has 2 aromatic carbocycles. The van der Waals surface area contributed by atoms with Gasteiger partial charge in [-0.05, 0) is 50.6 Å². The van der Waals surface area contributed by atoms with Crippen molar-refractivity contribution in [2.75, 3.05) is 12.4 Å². The molecule has 0 fully saturated rings. The molecular weight excluding hydrogens is 334 g/mol. The van der Waals surface area contributed by atoms with E-state index in [-0.39, 0.29) is 6.61 Å². The fourth-order valence-corrected chi connectivity index (χ4v) is 2.28. The lowest BCUT2D eigenvalue weighted by Gasteiger charge is -2.19. The first-order valence-corrected chi connectivity index (χ1v) is 8.16. The van der Waals surface area contributed by atoms with Gasteiger partial charge in [0.25, 0.3) is 0 Å². The van der Waals surface area contributed by atoms with Crippen LogP contribution in [0.15, 0.2) is 42.5 Å². The maximum absolute atomic E-state index is 11.9. The highest BCUT2D eigenvalue weighted by molar-refractivity contribution is 5.85. The van der Waals surface area contributed by atoms with Gasteiger partial charge in [-0.3, -0.25) is 10.1 Å². The van der Waals surface area contributed by atoms with E-state index in [9.17, 15) is 9.59 Å². The maximum Gasteiger partial charge on any atom is 0.412 e. The number of carbonyl (C=O) groups excluding carboxylic acids is 2. The van der Waals surface area contributed by atoms with Gasteiger partial charge >= 0.3 is 6.09 Å². The lowest BCUT2D eigenvalue weighted by molar-refractivity contribution is 0.0636. The number of anilines is 1. The summed E-state index contributed by atoms with van der Waals surface area (Å²) in [5.74, 6) is 0.869. The third-order valence-electron chi connectivity index (χ3n) is 3.31. The zero-order valence-corrected chi connectivity index (χ0v) is 15.4. The third-order valence-corrected chi connectivity index (χ3v) is 3.31. The molecule has 138 valence electrons. The number of hydrogen-bond donors (Lipinski definition) is 1. The molecule has 0 spiro atoms. The van der Waals surface area contributed by atoms with Gasteiger partial charge in [0, 0.05) is 5.69 Å². The topological polar surface area (TPSA) is 73.9 Å². The van der Waals surface area contributed by atoms with Gasteiger partial charge in [-0.15, -0.1) is 0 Å². The lowest BCUT2D eigenvalue weighted by Crippen LogP contribution is -2.27. The minimum absolute atomic E-state index is 0.252. The van der Waals surface area contributed by atoms with Crippen LogP contribution >= 0.6 is 0 Å². The summed E-state index contributed by atoms with van der Waals surface area (Å²) in [4.78, 5) is 22.9. The second-order valence-corrected chi connectivity index (χ2v) is 6.61. The summed E-state index contributed by atoms with van der Waals surface area (Å²) in [7, 11) is 1.49. The molecule has 6 heteroatoms. The number of methoxy groups -OCH3 is 1. The van der Waals surface area contributed by atoms with Crippen LogP contribution in [0.5, 0.6) is 11.5 Å². The normalized spacial score (nSPS) is 10.8. The number of amides is 1. The minimum atomic E-state index is -0.565. The second kappa shape index (κ2) is 8.38. The van der Waals surface area contributed by atoms with Crippen molar-refractivity contribution in [3.63, 3.8) is 0 Å². The fraction of sp³-hybridized carbons (Fsp3) is 0.300. The molecule has 0 aliphatic rings. The fourth-order valence-electron chi connectivity index (χ4n) is 2.28. The number of carbonyl (C=O) groups is 2. The van der Waals surface area contributed by atoms with Crippen molar-refractivity contribution in [2.24, 2.45) is 0 Å². The number of para-hydroxylation sites is 1. The molecule has 1 amide bonds. The number of rotatable bonds is 6. The van der Waals surface area contributed by atoms with E-state index >= 15 is 0 Å². The Morgan fingerprint density at radius 3 is 2.54 bits per heavy atom. The average molecular weight is 357 g/mol. The quantitative estimate of drug-likeness (QED) is 0.774. The number of benzene rings is 2. The smallest absolute Gasteiger partial charge is 0.412 e. The van der Waals surface area contributed by atoms with Crippen LogP contribution in [0, 0.1) is 0 Å². The first kappa shape index (κ1) is 19.3. The maximum atomic E-state index is 11.9. The van der Waals surface area contributed by atoms with Gasteiger partial charge in [-0.1, -0.05) is 18.2 Å². The van der Waals surface area contributed by atoms with E-state index in [0.717, 1.165) is 11.8 Å². The number of hydrogen-bond acceptors (Lipinski definition) is 5. The van der Waals surface area contributed by atoms with Gasteiger partial charge in [0.15, 0.2) is 17.8 Å².